The topological polar surface area (TPSA) is 88.4 Å². The van der Waals surface area contributed by atoms with E-state index in [-0.39, 0.29) is 23.5 Å². The second kappa shape index (κ2) is 5.71. The molecule has 1 aromatic heterocycles. The van der Waals surface area contributed by atoms with Gasteiger partial charge in [-0.1, -0.05) is 6.42 Å². The van der Waals surface area contributed by atoms with Crippen molar-refractivity contribution in [1.29, 1.82) is 0 Å². The third kappa shape index (κ3) is 3.32. The molecule has 2 N–H and O–H groups in total. The molecule has 114 valence electrons. The molecule has 0 radical (unpaired) electrons. The maximum absolute atomic E-state index is 12.2. The van der Waals surface area contributed by atoms with E-state index in [2.05, 4.69) is 5.32 Å². The number of carbonyl (C=O) groups excluding carboxylic acids is 2. The predicted octanol–water partition coefficient (Wildman–Crippen LogP) is 1.60. The molecule has 0 aliphatic heterocycles. The van der Waals surface area contributed by atoms with Crippen molar-refractivity contribution in [3.63, 3.8) is 0 Å². The van der Waals surface area contributed by atoms with Gasteiger partial charge in [0.2, 0.25) is 0 Å². The van der Waals surface area contributed by atoms with Gasteiger partial charge in [0.15, 0.2) is 5.78 Å². The number of amides is 1. The van der Waals surface area contributed by atoms with E-state index in [1.54, 1.807) is 23.9 Å². The Hall–Kier alpha value is -2.11. The fourth-order valence-corrected chi connectivity index (χ4v) is 2.75. The fourth-order valence-electron chi connectivity index (χ4n) is 2.75. The minimum absolute atomic E-state index is 0.0825. The lowest BCUT2D eigenvalue weighted by molar-refractivity contribution is -0.141. The van der Waals surface area contributed by atoms with Crippen LogP contribution in [-0.4, -0.2) is 33.9 Å². The number of nitrogens with zero attached hydrogens (tertiary/aromatic N) is 1. The Balaban J connectivity index is 2.01. The number of hydrogen-bond acceptors (Lipinski definition) is 3. The van der Waals surface area contributed by atoms with Crippen LogP contribution in [0, 0.1) is 5.41 Å². The summed E-state index contributed by atoms with van der Waals surface area (Å²) in [4.78, 5) is 34.4. The van der Waals surface area contributed by atoms with Crippen LogP contribution in [0.4, 0.5) is 0 Å². The molecule has 1 saturated carbocycles. The molecule has 0 unspecified atom stereocenters. The third-order valence-corrected chi connectivity index (χ3v) is 4.21. The maximum Gasteiger partial charge on any atom is 0.303 e. The second-order valence-corrected chi connectivity index (χ2v) is 5.89. The van der Waals surface area contributed by atoms with Crippen LogP contribution in [0.25, 0.3) is 0 Å². The number of carboxylic acids is 1. The molecule has 1 heterocycles. The van der Waals surface area contributed by atoms with E-state index in [4.69, 9.17) is 5.11 Å². The average Bonchev–Trinajstić information content (AvgIpc) is 2.74. The Morgan fingerprint density at radius 1 is 1.38 bits per heavy atom. The molecule has 0 aromatic carbocycles. The highest BCUT2D eigenvalue weighted by atomic mass is 16.4. The van der Waals surface area contributed by atoms with Crippen LogP contribution in [0.15, 0.2) is 12.3 Å². The lowest BCUT2D eigenvalue weighted by Crippen LogP contribution is -2.43. The van der Waals surface area contributed by atoms with Crippen molar-refractivity contribution in [3.8, 4) is 0 Å². The molecular formula is C15H20N2O4. The summed E-state index contributed by atoms with van der Waals surface area (Å²) in [7, 11) is 1.71. The zero-order valence-corrected chi connectivity index (χ0v) is 12.3. The summed E-state index contributed by atoms with van der Waals surface area (Å²) in [5, 5.41) is 11.8. The number of aryl methyl sites for hydroxylation is 1. The van der Waals surface area contributed by atoms with E-state index in [0.717, 1.165) is 19.3 Å². The Morgan fingerprint density at radius 3 is 2.48 bits per heavy atom. The van der Waals surface area contributed by atoms with Gasteiger partial charge in [0.25, 0.3) is 5.91 Å². The average molecular weight is 292 g/mol. The summed E-state index contributed by atoms with van der Waals surface area (Å²) in [5.74, 6) is -1.20. The molecule has 1 fully saturated rings. The molecule has 6 nitrogen and oxygen atoms in total. The number of hydrogen-bond donors (Lipinski definition) is 2. The number of carbonyl (C=O) groups is 3. The molecule has 1 aliphatic rings. The molecule has 0 bridgehead atoms. The minimum atomic E-state index is -0.832. The summed E-state index contributed by atoms with van der Waals surface area (Å²) in [5.41, 5.74) is 0.590. The highest BCUT2D eigenvalue weighted by Crippen LogP contribution is 2.43. The number of aromatic nitrogens is 1. The Kier molecular flexibility index (Phi) is 4.16. The Labute approximate surface area is 123 Å². The van der Waals surface area contributed by atoms with E-state index < -0.39 is 5.97 Å². The molecule has 1 aliphatic carbocycles. The van der Waals surface area contributed by atoms with Gasteiger partial charge in [-0.15, -0.1) is 0 Å². The van der Waals surface area contributed by atoms with E-state index in [9.17, 15) is 14.4 Å². The molecule has 21 heavy (non-hydrogen) atoms. The summed E-state index contributed by atoms with van der Waals surface area (Å²) in [6, 6.07) is 1.56. The van der Waals surface area contributed by atoms with E-state index >= 15 is 0 Å². The number of aliphatic carboxylic acids is 1. The maximum atomic E-state index is 12.2. The summed E-state index contributed by atoms with van der Waals surface area (Å²) in [6.07, 6.45) is 4.35. The lowest BCUT2D eigenvalue weighted by Gasteiger charge is -2.40. The molecule has 1 amide bonds. The normalized spacial score (nSPS) is 16.1. The number of nitrogens with one attached hydrogen (secondary N) is 1. The molecule has 0 saturated heterocycles. The smallest absolute Gasteiger partial charge is 0.303 e. The lowest BCUT2D eigenvalue weighted by atomic mass is 9.66. The number of carboxylic acid groups (broad SMARTS) is 1. The first-order valence-electron chi connectivity index (χ1n) is 7.00. The fraction of sp³-hybridized carbons (Fsp3) is 0.533. The zero-order chi connectivity index (χ0) is 15.6. The van der Waals surface area contributed by atoms with Crippen molar-refractivity contribution < 1.29 is 19.5 Å². The zero-order valence-electron chi connectivity index (χ0n) is 12.3. The van der Waals surface area contributed by atoms with Gasteiger partial charge in [-0.3, -0.25) is 14.4 Å². The van der Waals surface area contributed by atoms with Gasteiger partial charge in [0.05, 0.1) is 6.42 Å². The molecule has 2 rings (SSSR count). The number of ketones is 1. The van der Waals surface area contributed by atoms with E-state index in [1.807, 2.05) is 0 Å². The molecular weight excluding hydrogens is 272 g/mol. The van der Waals surface area contributed by atoms with Crippen LogP contribution in [-0.2, 0) is 11.8 Å². The van der Waals surface area contributed by atoms with Crippen molar-refractivity contribution in [2.45, 2.75) is 32.6 Å². The summed E-state index contributed by atoms with van der Waals surface area (Å²) in [6.45, 7) is 1.81. The quantitative estimate of drug-likeness (QED) is 0.779. The third-order valence-electron chi connectivity index (χ3n) is 4.21. The second-order valence-electron chi connectivity index (χ2n) is 5.89. The highest BCUT2D eigenvalue weighted by molar-refractivity contribution is 5.99. The van der Waals surface area contributed by atoms with Gasteiger partial charge < -0.3 is 15.0 Å². The van der Waals surface area contributed by atoms with Crippen molar-refractivity contribution in [1.82, 2.24) is 9.88 Å². The van der Waals surface area contributed by atoms with Gasteiger partial charge in [-0.05, 0) is 31.2 Å². The van der Waals surface area contributed by atoms with Crippen LogP contribution in [0.5, 0.6) is 0 Å². The van der Waals surface area contributed by atoms with Crippen LogP contribution in [0.1, 0.15) is 53.5 Å². The first kappa shape index (κ1) is 15.3. The monoisotopic (exact) mass is 292 g/mol. The first-order chi connectivity index (χ1) is 9.83. The standard InChI is InChI=1S/C15H20N2O4/c1-10(18)11-6-12(17(2)8-11)14(21)16-9-15(4-3-5-15)7-13(19)20/h6,8H,3-5,7,9H2,1-2H3,(H,16,21)(H,19,20). The van der Waals surface area contributed by atoms with Gasteiger partial charge in [-0.2, -0.15) is 0 Å². The van der Waals surface area contributed by atoms with Crippen molar-refractivity contribution in [2.24, 2.45) is 12.5 Å². The molecule has 0 atom stereocenters. The van der Waals surface area contributed by atoms with Gasteiger partial charge in [0, 0.05) is 25.4 Å². The minimum Gasteiger partial charge on any atom is -0.481 e. The van der Waals surface area contributed by atoms with Crippen LogP contribution in [0.2, 0.25) is 0 Å². The molecule has 0 spiro atoms. The van der Waals surface area contributed by atoms with Crippen LogP contribution in [0.3, 0.4) is 0 Å². The molecule has 6 heteroatoms. The Bertz CT molecular complexity index is 584. The van der Waals surface area contributed by atoms with Crippen molar-refractivity contribution in [3.05, 3.63) is 23.5 Å². The molecule has 1 aromatic rings. The summed E-state index contributed by atoms with van der Waals surface area (Å²) >= 11 is 0. The number of rotatable bonds is 6. The van der Waals surface area contributed by atoms with Gasteiger partial charge >= 0.3 is 5.97 Å². The van der Waals surface area contributed by atoms with E-state index in [0.29, 0.717) is 17.8 Å². The van der Waals surface area contributed by atoms with Gasteiger partial charge in [-0.25, -0.2) is 0 Å². The van der Waals surface area contributed by atoms with Crippen molar-refractivity contribution in [2.75, 3.05) is 6.54 Å². The number of Topliss-reactive ketones (excluding diaryl/α,β-unsaturated/α-hetero) is 1. The first-order valence-corrected chi connectivity index (χ1v) is 7.00. The van der Waals surface area contributed by atoms with Crippen LogP contribution < -0.4 is 5.32 Å². The van der Waals surface area contributed by atoms with Crippen molar-refractivity contribution >= 4 is 17.7 Å². The van der Waals surface area contributed by atoms with E-state index in [1.165, 1.54) is 6.92 Å². The Morgan fingerprint density at radius 2 is 2.05 bits per heavy atom. The highest BCUT2D eigenvalue weighted by Gasteiger charge is 2.39. The predicted molar refractivity (Wildman–Crippen MR) is 76.3 cm³/mol. The summed E-state index contributed by atoms with van der Waals surface area (Å²) < 4.78 is 1.61. The SMILES string of the molecule is CC(=O)c1cc(C(=O)NCC2(CC(=O)O)CCC2)n(C)c1. The van der Waals surface area contributed by atoms with Gasteiger partial charge in [0.1, 0.15) is 5.69 Å². The van der Waals surface area contributed by atoms with Crippen LogP contribution >= 0.6 is 0 Å². The largest absolute Gasteiger partial charge is 0.481 e.